The third-order valence-corrected chi connectivity index (χ3v) is 5.49. The van der Waals surface area contributed by atoms with Gasteiger partial charge in [-0.1, -0.05) is 35.9 Å². The molecule has 0 saturated heterocycles. The van der Waals surface area contributed by atoms with Gasteiger partial charge in [-0.25, -0.2) is 9.59 Å². The summed E-state index contributed by atoms with van der Waals surface area (Å²) in [5.74, 6) is -1.91. The highest BCUT2D eigenvalue weighted by molar-refractivity contribution is 6.30. The second-order valence-electron chi connectivity index (χ2n) is 8.46. The number of ketones is 1. The van der Waals surface area contributed by atoms with Crippen molar-refractivity contribution in [3.05, 3.63) is 88.2 Å². The van der Waals surface area contributed by atoms with Gasteiger partial charge in [-0.3, -0.25) is 4.79 Å². The lowest BCUT2D eigenvalue weighted by Gasteiger charge is -2.12. The van der Waals surface area contributed by atoms with Crippen LogP contribution in [0.1, 0.15) is 64.5 Å². The molecule has 2 heterocycles. The van der Waals surface area contributed by atoms with Crippen molar-refractivity contribution in [2.75, 3.05) is 0 Å². The highest BCUT2D eigenvalue weighted by atomic mass is 35.5. The first kappa shape index (κ1) is 23.5. The predicted molar refractivity (Wildman–Crippen MR) is 131 cm³/mol. The Morgan fingerprint density at radius 1 is 0.794 bits per heavy atom. The summed E-state index contributed by atoms with van der Waals surface area (Å²) < 4.78 is 12.6. The molecule has 0 unspecified atom stereocenters. The molecule has 0 atom stereocenters. The predicted octanol–water partition coefficient (Wildman–Crippen LogP) is 6.11. The van der Waals surface area contributed by atoms with Gasteiger partial charge in [0.1, 0.15) is 16.8 Å². The quantitative estimate of drug-likeness (QED) is 0.247. The zero-order chi connectivity index (χ0) is 24.6. The molecule has 4 rings (SSSR count). The number of aromatic nitrogens is 1. The van der Waals surface area contributed by atoms with E-state index in [1.165, 1.54) is 0 Å². The van der Waals surface area contributed by atoms with Crippen molar-refractivity contribution in [2.24, 2.45) is 0 Å². The van der Waals surface area contributed by atoms with Crippen LogP contribution in [0.15, 0.2) is 60.8 Å². The molecule has 0 bridgehead atoms. The summed E-state index contributed by atoms with van der Waals surface area (Å²) in [5, 5.41) is 2.03. The normalized spacial score (nSPS) is 11.4. The maximum Gasteiger partial charge on any atom is 0.341 e. The minimum atomic E-state index is -0.768. The first-order valence-electron chi connectivity index (χ1n) is 11.0. The first-order chi connectivity index (χ1) is 16.2. The van der Waals surface area contributed by atoms with Crippen molar-refractivity contribution in [2.45, 2.75) is 39.9 Å². The van der Waals surface area contributed by atoms with Gasteiger partial charge in [0.2, 0.25) is 5.78 Å². The van der Waals surface area contributed by atoms with E-state index in [4.69, 9.17) is 21.1 Å². The van der Waals surface area contributed by atoms with E-state index in [9.17, 15) is 14.4 Å². The number of carbonyl (C=O) groups excluding carboxylic acids is 3. The maximum absolute atomic E-state index is 13.8. The number of pyridine rings is 1. The van der Waals surface area contributed by atoms with Gasteiger partial charge < -0.3 is 13.9 Å². The van der Waals surface area contributed by atoms with E-state index in [1.807, 2.05) is 30.3 Å². The molecule has 174 valence electrons. The topological polar surface area (TPSA) is 74.1 Å². The average molecular weight is 478 g/mol. The standard InChI is InChI=1S/C27H24ClNO5/c1-15(2)33-26(31)21-22(27(32)34-16(3)4)24(25(30)18-9-11-19(28)12-10-18)29-14-13-17-7-5-6-8-20(17)23(21)29/h5-16H,1-4H3. The molecule has 6 nitrogen and oxygen atoms in total. The Hall–Kier alpha value is -3.64. The molecule has 34 heavy (non-hydrogen) atoms. The average Bonchev–Trinajstić information content (AvgIpc) is 3.14. The van der Waals surface area contributed by atoms with Crippen molar-refractivity contribution in [1.82, 2.24) is 4.40 Å². The van der Waals surface area contributed by atoms with Crippen LogP contribution in [0, 0.1) is 0 Å². The SMILES string of the molecule is CC(C)OC(=O)c1c(C(=O)OC(C)C)c2c3ccccc3ccn2c1C(=O)c1ccc(Cl)cc1. The third kappa shape index (κ3) is 4.29. The number of halogens is 1. The molecular formula is C27H24ClNO5. The molecule has 4 aromatic rings. The van der Waals surface area contributed by atoms with Crippen LogP contribution in [0.2, 0.25) is 5.02 Å². The van der Waals surface area contributed by atoms with Crippen molar-refractivity contribution >= 4 is 45.6 Å². The van der Waals surface area contributed by atoms with Crippen LogP contribution in [0.4, 0.5) is 0 Å². The first-order valence-corrected chi connectivity index (χ1v) is 11.3. The Kier molecular flexibility index (Phi) is 6.44. The van der Waals surface area contributed by atoms with E-state index in [0.29, 0.717) is 21.5 Å². The summed E-state index contributed by atoms with van der Waals surface area (Å²) in [6.07, 6.45) is 0.792. The molecule has 2 aromatic carbocycles. The lowest BCUT2D eigenvalue weighted by atomic mass is 10.0. The molecule has 0 aliphatic heterocycles. The second-order valence-corrected chi connectivity index (χ2v) is 8.90. The summed E-state index contributed by atoms with van der Waals surface area (Å²) in [4.78, 5) is 40.5. The van der Waals surface area contributed by atoms with E-state index in [2.05, 4.69) is 0 Å². The Morgan fingerprint density at radius 2 is 1.38 bits per heavy atom. The Bertz CT molecular complexity index is 1420. The van der Waals surface area contributed by atoms with Gasteiger partial charge in [-0.15, -0.1) is 0 Å². The highest BCUT2D eigenvalue weighted by Gasteiger charge is 2.35. The number of hydrogen-bond donors (Lipinski definition) is 0. The summed E-state index contributed by atoms with van der Waals surface area (Å²) >= 11 is 6.00. The molecular weight excluding hydrogens is 454 g/mol. The lowest BCUT2D eigenvalue weighted by Crippen LogP contribution is -2.20. The number of fused-ring (bicyclic) bond motifs is 3. The van der Waals surface area contributed by atoms with Crippen molar-refractivity contribution in [1.29, 1.82) is 0 Å². The van der Waals surface area contributed by atoms with Crippen LogP contribution >= 0.6 is 11.6 Å². The molecule has 7 heteroatoms. The minimum Gasteiger partial charge on any atom is -0.459 e. The molecule has 0 aliphatic rings. The van der Waals surface area contributed by atoms with Gasteiger partial charge in [-0.05, 0) is 63.4 Å². The summed E-state index contributed by atoms with van der Waals surface area (Å²) in [5.41, 5.74) is 0.657. The Morgan fingerprint density at radius 3 is 2.00 bits per heavy atom. The van der Waals surface area contributed by atoms with Crippen LogP contribution in [0.3, 0.4) is 0 Å². The summed E-state index contributed by atoms with van der Waals surface area (Å²) in [6, 6.07) is 15.6. The number of ether oxygens (including phenoxy) is 2. The fourth-order valence-corrected chi connectivity index (χ4v) is 4.05. The van der Waals surface area contributed by atoms with Crippen LogP contribution in [-0.2, 0) is 9.47 Å². The fourth-order valence-electron chi connectivity index (χ4n) is 3.92. The Labute approximate surface area is 202 Å². The molecule has 2 aromatic heterocycles. The van der Waals surface area contributed by atoms with Gasteiger partial charge in [0.05, 0.1) is 17.7 Å². The largest absolute Gasteiger partial charge is 0.459 e. The highest BCUT2D eigenvalue weighted by Crippen LogP contribution is 2.33. The van der Waals surface area contributed by atoms with Crippen molar-refractivity contribution in [3.8, 4) is 0 Å². The number of carbonyl (C=O) groups is 3. The van der Waals surface area contributed by atoms with Gasteiger partial charge in [0, 0.05) is 22.2 Å². The summed E-state index contributed by atoms with van der Waals surface area (Å²) in [6.45, 7) is 6.85. The van der Waals surface area contributed by atoms with Crippen molar-refractivity contribution in [3.63, 3.8) is 0 Å². The second kappa shape index (κ2) is 9.31. The maximum atomic E-state index is 13.8. The van der Waals surface area contributed by atoms with Crippen molar-refractivity contribution < 1.29 is 23.9 Å². The molecule has 0 N–H and O–H groups in total. The molecule has 0 spiro atoms. The zero-order valence-electron chi connectivity index (χ0n) is 19.3. The Balaban J connectivity index is 2.13. The van der Waals surface area contributed by atoms with E-state index < -0.39 is 29.9 Å². The van der Waals surface area contributed by atoms with Gasteiger partial charge in [0.15, 0.2) is 0 Å². The van der Waals surface area contributed by atoms with E-state index >= 15 is 0 Å². The molecule has 0 aliphatic carbocycles. The van der Waals surface area contributed by atoms with Crippen LogP contribution in [0.5, 0.6) is 0 Å². The molecule has 0 fully saturated rings. The van der Waals surface area contributed by atoms with E-state index in [-0.39, 0.29) is 16.8 Å². The third-order valence-electron chi connectivity index (χ3n) is 5.24. The number of nitrogens with zero attached hydrogens (tertiary/aromatic N) is 1. The number of benzene rings is 2. The van der Waals surface area contributed by atoms with Gasteiger partial charge in [-0.2, -0.15) is 0 Å². The molecule has 0 radical (unpaired) electrons. The number of hydrogen-bond acceptors (Lipinski definition) is 5. The van der Waals surface area contributed by atoms with Crippen LogP contribution in [-0.4, -0.2) is 34.3 Å². The number of esters is 2. The van der Waals surface area contributed by atoms with E-state index in [0.717, 1.165) is 5.39 Å². The monoisotopic (exact) mass is 477 g/mol. The zero-order valence-corrected chi connectivity index (χ0v) is 20.1. The van der Waals surface area contributed by atoms with Gasteiger partial charge >= 0.3 is 11.9 Å². The lowest BCUT2D eigenvalue weighted by molar-refractivity contribution is 0.0330. The van der Waals surface area contributed by atoms with Gasteiger partial charge in [0.25, 0.3) is 0 Å². The van der Waals surface area contributed by atoms with Crippen LogP contribution in [0.25, 0.3) is 16.3 Å². The molecule has 0 amide bonds. The smallest absolute Gasteiger partial charge is 0.341 e. The summed E-state index contributed by atoms with van der Waals surface area (Å²) in [7, 11) is 0. The van der Waals surface area contributed by atoms with E-state index in [1.54, 1.807) is 62.6 Å². The number of rotatable bonds is 6. The fraction of sp³-hybridized carbons (Fsp3) is 0.222. The molecule has 0 saturated carbocycles. The van der Waals surface area contributed by atoms with Crippen LogP contribution < -0.4 is 0 Å². The minimum absolute atomic E-state index is 0.00784.